The van der Waals surface area contributed by atoms with Crippen molar-refractivity contribution in [3.05, 3.63) is 37.5 Å². The largest absolute Gasteiger partial charge is 0.582 e. The molecule has 2 saturated heterocycles. The maximum absolute atomic E-state index is 15.2. The van der Waals surface area contributed by atoms with Crippen molar-refractivity contribution in [3.63, 3.8) is 0 Å². The highest BCUT2D eigenvalue weighted by Crippen LogP contribution is 2.42. The molecular formula is C25H30F2N10O8P2S2+2. The van der Waals surface area contributed by atoms with Crippen LogP contribution in [-0.2, 0) is 27.7 Å². The van der Waals surface area contributed by atoms with Gasteiger partial charge in [0.05, 0.1) is 25.9 Å². The molecule has 0 aromatic carbocycles. The molecule has 6 heterocycles. The van der Waals surface area contributed by atoms with E-state index in [-0.39, 0.29) is 11.3 Å². The molecule has 49 heavy (non-hydrogen) atoms. The van der Waals surface area contributed by atoms with Crippen LogP contribution >= 0.6 is 39.0 Å². The number of imidazole rings is 2. The maximum Gasteiger partial charge on any atom is 0.582 e. The second-order valence-electron chi connectivity index (χ2n) is 10.7. The lowest BCUT2D eigenvalue weighted by molar-refractivity contribution is -0.0427. The van der Waals surface area contributed by atoms with Gasteiger partial charge in [0, 0.05) is 13.1 Å². The summed E-state index contributed by atoms with van der Waals surface area (Å²) in [5.74, 6) is 0.810. The number of hydrogen-bond donors (Lipinski definition) is 6. The van der Waals surface area contributed by atoms with Gasteiger partial charge >= 0.3 is 14.5 Å². The SMILES string of the molecule is O=[P+](S)O[C@@H]1[C@@H](CO)OC(n2cnc3c(NCC/C=C/CNc4ncnc5c4ncn5C4OC(CO)[C@@H](O[P+](=O)S)[C@H]4F)ncnc32)[C@@H]1F. The summed E-state index contributed by atoms with van der Waals surface area (Å²) in [6.07, 6.45) is -1.06. The number of aliphatic hydroxyl groups excluding tert-OH is 2. The Balaban J connectivity index is 1.03. The lowest BCUT2D eigenvalue weighted by Gasteiger charge is -2.15. The van der Waals surface area contributed by atoms with E-state index in [4.69, 9.17) is 18.5 Å². The maximum atomic E-state index is 15.2. The van der Waals surface area contributed by atoms with Gasteiger partial charge in [-0.2, -0.15) is 0 Å². The molecule has 262 valence electrons. The minimum Gasteiger partial charge on any atom is -0.394 e. The lowest BCUT2D eigenvalue weighted by Crippen LogP contribution is -2.31. The van der Waals surface area contributed by atoms with E-state index in [1.807, 2.05) is 12.2 Å². The van der Waals surface area contributed by atoms with E-state index < -0.39 is 76.9 Å². The molecule has 5 unspecified atom stereocenters. The third-order valence-corrected chi connectivity index (χ3v) is 9.15. The summed E-state index contributed by atoms with van der Waals surface area (Å²) in [4.78, 5) is 25.5. The number of thiol groups is 2. The van der Waals surface area contributed by atoms with Crippen molar-refractivity contribution in [2.75, 3.05) is 36.9 Å². The van der Waals surface area contributed by atoms with Crippen LogP contribution in [0.15, 0.2) is 37.5 Å². The van der Waals surface area contributed by atoms with Gasteiger partial charge in [0.2, 0.25) is 0 Å². The average Bonchev–Trinajstić information content (AvgIpc) is 3.85. The number of anilines is 2. The summed E-state index contributed by atoms with van der Waals surface area (Å²) in [6, 6.07) is 0. The van der Waals surface area contributed by atoms with Gasteiger partial charge in [-0.1, -0.05) is 12.2 Å². The molecule has 0 spiro atoms. The molecule has 24 heteroatoms. The van der Waals surface area contributed by atoms with Gasteiger partial charge < -0.3 is 30.3 Å². The van der Waals surface area contributed by atoms with E-state index in [0.717, 1.165) is 0 Å². The highest BCUT2D eigenvalue weighted by Gasteiger charge is 2.52. The van der Waals surface area contributed by atoms with Crippen LogP contribution in [0.2, 0.25) is 0 Å². The van der Waals surface area contributed by atoms with Crippen LogP contribution < -0.4 is 10.6 Å². The quantitative estimate of drug-likeness (QED) is 0.0444. The lowest BCUT2D eigenvalue weighted by atomic mass is 10.1. The van der Waals surface area contributed by atoms with Crippen LogP contribution in [0, 0.1) is 0 Å². The molecule has 4 N–H and O–H groups in total. The van der Waals surface area contributed by atoms with Crippen molar-refractivity contribution in [1.29, 1.82) is 0 Å². The number of alkyl halides is 2. The smallest absolute Gasteiger partial charge is 0.394 e. The summed E-state index contributed by atoms with van der Waals surface area (Å²) < 4.78 is 77.4. The van der Waals surface area contributed by atoms with E-state index in [9.17, 15) is 19.3 Å². The predicted octanol–water partition coefficient (Wildman–Crippen LogP) is 2.84. The Kier molecular flexibility index (Phi) is 11.6. The molecular weight excluding hydrogens is 732 g/mol. The van der Waals surface area contributed by atoms with E-state index in [1.165, 1.54) is 34.4 Å². The standard InChI is InChI=1S/C25H28F2N10O8P2S2/c26-14-18(44-46(40)48)12(6-38)42-24(14)36-10-34-16-20(30-8-32-22(16)36)28-4-2-1-3-5-29-21-17-23(33-9-31-21)37(11-35-17)25-15(27)19(45-47(41)49)13(7-39)43-25/h1-2,8-15,18-19,24-25,38-39H,3-7H2,(H2-2,28,29,30,31,32,33,40,41,48,49)/p+2/b2-1+/t12?,13-,14-,15-,18-,19-,24?,25?/m1/s1. The minimum absolute atomic E-state index is 0.280. The van der Waals surface area contributed by atoms with Crippen molar-refractivity contribution < 1.29 is 46.6 Å². The Morgan fingerprint density at radius 2 is 1.29 bits per heavy atom. The zero-order chi connectivity index (χ0) is 34.7. The molecule has 4 aromatic heterocycles. The van der Waals surface area contributed by atoms with E-state index in [1.54, 1.807) is 0 Å². The zero-order valence-corrected chi connectivity index (χ0v) is 28.7. The molecule has 2 aliphatic heterocycles. The Hall–Kier alpha value is -3.04. The summed E-state index contributed by atoms with van der Waals surface area (Å²) in [7, 11) is -4.85. The van der Waals surface area contributed by atoms with Crippen LogP contribution in [0.5, 0.6) is 0 Å². The van der Waals surface area contributed by atoms with Crippen molar-refractivity contribution in [1.82, 2.24) is 39.0 Å². The predicted molar refractivity (Wildman–Crippen MR) is 176 cm³/mol. The minimum atomic E-state index is -2.43. The molecule has 4 aromatic rings. The number of hydrogen-bond acceptors (Lipinski definition) is 16. The van der Waals surface area contributed by atoms with Gasteiger partial charge in [-0.25, -0.2) is 38.7 Å². The van der Waals surface area contributed by atoms with E-state index in [2.05, 4.69) is 65.0 Å². The fourth-order valence-electron chi connectivity index (χ4n) is 5.56. The molecule has 0 amide bonds. The first kappa shape index (κ1) is 35.8. The second-order valence-corrected chi connectivity index (χ2v) is 14.0. The zero-order valence-electron chi connectivity index (χ0n) is 25.1. The molecule has 0 aliphatic carbocycles. The number of nitrogens with zero attached hydrogens (tertiary/aromatic N) is 8. The van der Waals surface area contributed by atoms with Crippen molar-refractivity contribution in [3.8, 4) is 0 Å². The Morgan fingerprint density at radius 3 is 1.76 bits per heavy atom. The molecule has 10 atom stereocenters. The molecule has 18 nitrogen and oxygen atoms in total. The first-order chi connectivity index (χ1) is 23.7. The number of aliphatic hydroxyl groups is 2. The fraction of sp³-hybridized carbons (Fsp3) is 0.520. The topological polar surface area (TPSA) is 223 Å². The Bertz CT molecular complexity index is 1840. The monoisotopic (exact) mass is 762 g/mol. The van der Waals surface area contributed by atoms with E-state index >= 15 is 8.78 Å². The van der Waals surface area contributed by atoms with Gasteiger partial charge in [-0.15, -0.1) is 9.05 Å². The molecule has 0 bridgehead atoms. The molecule has 6 rings (SSSR count). The van der Waals surface area contributed by atoms with Gasteiger partial charge in [0.15, 0.2) is 71.0 Å². The van der Waals surface area contributed by atoms with E-state index in [0.29, 0.717) is 42.2 Å². The molecule has 0 saturated carbocycles. The first-order valence-electron chi connectivity index (χ1n) is 14.7. The third kappa shape index (κ3) is 7.53. The van der Waals surface area contributed by atoms with Gasteiger partial charge in [0.1, 0.15) is 49.4 Å². The number of rotatable bonds is 15. The summed E-state index contributed by atoms with van der Waals surface area (Å²) in [5, 5.41) is 25.5. The highest BCUT2D eigenvalue weighted by atomic mass is 32.7. The number of halogens is 2. The summed E-state index contributed by atoms with van der Waals surface area (Å²) in [6.45, 7) is -0.261. The Morgan fingerprint density at radius 1 is 0.796 bits per heavy atom. The summed E-state index contributed by atoms with van der Waals surface area (Å²) >= 11 is 7.35. The van der Waals surface area contributed by atoms with Crippen molar-refractivity contribution >= 4 is 72.9 Å². The number of ether oxygens (including phenoxy) is 2. The van der Waals surface area contributed by atoms with Gasteiger partial charge in [-0.05, 0) is 15.6 Å². The highest BCUT2D eigenvalue weighted by molar-refractivity contribution is 8.39. The van der Waals surface area contributed by atoms with Crippen LogP contribution in [-0.4, -0.2) is 112 Å². The van der Waals surface area contributed by atoms with Crippen LogP contribution in [0.1, 0.15) is 18.9 Å². The van der Waals surface area contributed by atoms with Crippen molar-refractivity contribution in [2.45, 2.75) is 55.6 Å². The third-order valence-electron chi connectivity index (χ3n) is 7.74. The molecule has 2 fully saturated rings. The Labute approximate surface area is 288 Å². The fourth-order valence-corrected chi connectivity index (χ4v) is 7.13. The van der Waals surface area contributed by atoms with Crippen LogP contribution in [0.25, 0.3) is 22.3 Å². The summed E-state index contributed by atoms with van der Waals surface area (Å²) in [5.41, 5.74) is 1.30. The van der Waals surface area contributed by atoms with Crippen LogP contribution in [0.4, 0.5) is 20.4 Å². The number of nitrogens with one attached hydrogen (secondary N) is 2. The molecule has 2 aliphatic rings. The number of fused-ring (bicyclic) bond motifs is 2. The van der Waals surface area contributed by atoms with Crippen molar-refractivity contribution in [2.24, 2.45) is 0 Å². The molecule has 0 radical (unpaired) electrons. The number of aromatic nitrogens is 8. The normalized spacial score (nSPS) is 27.8. The van der Waals surface area contributed by atoms with Gasteiger partial charge in [-0.3, -0.25) is 9.13 Å². The first-order valence-corrected chi connectivity index (χ1v) is 19.3. The second kappa shape index (κ2) is 15.9. The van der Waals surface area contributed by atoms with Gasteiger partial charge in [0.25, 0.3) is 0 Å². The average molecular weight is 763 g/mol. The van der Waals surface area contributed by atoms with Crippen LogP contribution in [0.3, 0.4) is 0 Å².